The van der Waals surface area contributed by atoms with Crippen LogP contribution in [0.2, 0.25) is 0 Å². The predicted octanol–water partition coefficient (Wildman–Crippen LogP) is 4.35. The van der Waals surface area contributed by atoms with E-state index in [4.69, 9.17) is 14.2 Å². The van der Waals surface area contributed by atoms with Crippen LogP contribution < -0.4 is 14.2 Å². The Hall–Kier alpha value is -3.06. The highest BCUT2D eigenvalue weighted by Crippen LogP contribution is 2.32. The maximum Gasteiger partial charge on any atom is 0.231 e. The summed E-state index contributed by atoms with van der Waals surface area (Å²) < 4.78 is 16.6. The molecule has 2 aromatic carbocycles. The Morgan fingerprint density at radius 3 is 2.77 bits per heavy atom. The van der Waals surface area contributed by atoms with Crippen LogP contribution in [-0.4, -0.2) is 29.1 Å². The molecule has 0 unspecified atom stereocenters. The number of carbonyl (C=O) groups is 1. The highest BCUT2D eigenvalue weighted by Gasteiger charge is 2.18. The minimum absolute atomic E-state index is 0.0477. The number of amides is 1. The van der Waals surface area contributed by atoms with Gasteiger partial charge in [0, 0.05) is 18.5 Å². The monoisotopic (exact) mass is 424 g/mol. The second-order valence-corrected chi connectivity index (χ2v) is 8.05. The van der Waals surface area contributed by atoms with Crippen LogP contribution in [0.3, 0.4) is 0 Å². The average molecular weight is 425 g/mol. The van der Waals surface area contributed by atoms with Crippen molar-refractivity contribution in [2.75, 3.05) is 13.3 Å². The van der Waals surface area contributed by atoms with Crippen molar-refractivity contribution in [2.45, 2.75) is 33.4 Å². The lowest BCUT2D eigenvalue weighted by Gasteiger charge is -2.20. The number of aryl methyl sites for hydroxylation is 1. The lowest BCUT2D eigenvalue weighted by Crippen LogP contribution is -2.31. The number of carbonyl (C=O) groups excluding carboxylic acids is 1. The number of ether oxygens (including phenoxy) is 3. The molecule has 2 heterocycles. The first-order chi connectivity index (χ1) is 14.6. The molecular weight excluding hydrogens is 400 g/mol. The molecule has 1 aliphatic heterocycles. The Bertz CT molecular complexity index is 1020. The molecule has 0 saturated heterocycles. The van der Waals surface area contributed by atoms with E-state index in [9.17, 15) is 4.79 Å². The van der Waals surface area contributed by atoms with Gasteiger partial charge in [-0.15, -0.1) is 11.3 Å². The average Bonchev–Trinajstić information content (AvgIpc) is 3.40. The molecule has 4 rings (SSSR count). The lowest BCUT2D eigenvalue weighted by atomic mass is 10.1. The van der Waals surface area contributed by atoms with E-state index in [-0.39, 0.29) is 19.1 Å². The quantitative estimate of drug-likeness (QED) is 0.538. The molecule has 30 heavy (non-hydrogen) atoms. The summed E-state index contributed by atoms with van der Waals surface area (Å²) in [6, 6.07) is 13.7. The van der Waals surface area contributed by atoms with Crippen LogP contribution in [0.25, 0.3) is 0 Å². The van der Waals surface area contributed by atoms with Gasteiger partial charge >= 0.3 is 0 Å². The van der Waals surface area contributed by atoms with Crippen molar-refractivity contribution in [3.8, 4) is 17.2 Å². The summed E-state index contributed by atoms with van der Waals surface area (Å²) in [7, 11) is 0. The number of nitrogens with zero attached hydrogens (tertiary/aromatic N) is 2. The van der Waals surface area contributed by atoms with Gasteiger partial charge in [0.2, 0.25) is 12.7 Å². The maximum atomic E-state index is 12.8. The molecule has 0 N–H and O–H groups in total. The number of thiazole rings is 1. The lowest BCUT2D eigenvalue weighted by molar-refractivity contribution is -0.130. The van der Waals surface area contributed by atoms with Crippen LogP contribution in [0, 0.1) is 6.92 Å². The Morgan fingerprint density at radius 2 is 1.97 bits per heavy atom. The van der Waals surface area contributed by atoms with Gasteiger partial charge in [0.15, 0.2) is 11.5 Å². The van der Waals surface area contributed by atoms with E-state index >= 15 is 0 Å². The number of rotatable bonds is 8. The zero-order valence-corrected chi connectivity index (χ0v) is 17.9. The molecule has 1 amide bonds. The van der Waals surface area contributed by atoms with Crippen LogP contribution in [0.1, 0.15) is 28.8 Å². The van der Waals surface area contributed by atoms with Gasteiger partial charge in [0.25, 0.3) is 0 Å². The third-order valence-electron chi connectivity index (χ3n) is 4.86. The summed E-state index contributed by atoms with van der Waals surface area (Å²) in [5.41, 5.74) is 2.98. The van der Waals surface area contributed by atoms with Gasteiger partial charge < -0.3 is 19.1 Å². The van der Waals surface area contributed by atoms with E-state index < -0.39 is 0 Å². The molecule has 156 valence electrons. The van der Waals surface area contributed by atoms with Crippen LogP contribution in [0.4, 0.5) is 0 Å². The van der Waals surface area contributed by atoms with Crippen molar-refractivity contribution >= 4 is 17.2 Å². The van der Waals surface area contributed by atoms with Crippen molar-refractivity contribution < 1.29 is 19.0 Å². The molecular formula is C23H24N2O4S. The molecule has 0 aliphatic carbocycles. The van der Waals surface area contributed by atoms with E-state index in [1.807, 2.05) is 66.6 Å². The summed E-state index contributed by atoms with van der Waals surface area (Å²) >= 11 is 1.51. The van der Waals surface area contributed by atoms with Crippen LogP contribution in [0.15, 0.2) is 47.8 Å². The Balaban J connectivity index is 1.32. The molecule has 0 atom stereocenters. The summed E-state index contributed by atoms with van der Waals surface area (Å²) in [5.74, 6) is 2.34. The normalized spacial score (nSPS) is 12.1. The van der Waals surface area contributed by atoms with E-state index in [1.165, 1.54) is 16.9 Å². The Kier molecular flexibility index (Phi) is 6.18. The summed E-state index contributed by atoms with van der Waals surface area (Å²) in [5, 5.41) is 2.79. The van der Waals surface area contributed by atoms with Crippen molar-refractivity contribution in [1.82, 2.24) is 9.88 Å². The largest absolute Gasteiger partial charge is 0.486 e. The number of aromatic nitrogens is 1. The first kappa shape index (κ1) is 20.2. The standard InChI is InChI=1S/C23H24N2O4S/c1-3-25(12-17-6-9-20-21(10-17)29-15-28-20)23(26)11-18-14-30-22(24-18)13-27-19-7-4-16(2)5-8-19/h4-10,14H,3,11-13,15H2,1-2H3. The van der Waals surface area contributed by atoms with Crippen LogP contribution in [-0.2, 0) is 24.4 Å². The summed E-state index contributed by atoms with van der Waals surface area (Å²) in [6.45, 7) is 5.82. The summed E-state index contributed by atoms with van der Waals surface area (Å²) in [6.07, 6.45) is 0.277. The minimum Gasteiger partial charge on any atom is -0.486 e. The van der Waals surface area contributed by atoms with Crippen molar-refractivity contribution in [3.05, 3.63) is 69.7 Å². The van der Waals surface area contributed by atoms with E-state index in [0.29, 0.717) is 19.7 Å². The molecule has 6 nitrogen and oxygen atoms in total. The second kappa shape index (κ2) is 9.17. The van der Waals surface area contributed by atoms with Gasteiger partial charge in [0.05, 0.1) is 12.1 Å². The molecule has 0 fully saturated rings. The fourth-order valence-corrected chi connectivity index (χ4v) is 3.88. The molecule has 0 radical (unpaired) electrons. The third-order valence-corrected chi connectivity index (χ3v) is 5.73. The van der Waals surface area contributed by atoms with Crippen LogP contribution >= 0.6 is 11.3 Å². The Labute approximate surface area is 180 Å². The van der Waals surface area contributed by atoms with Gasteiger partial charge in [0.1, 0.15) is 17.4 Å². The number of fused-ring (bicyclic) bond motifs is 1. The molecule has 0 bridgehead atoms. The molecule has 1 aromatic heterocycles. The molecule has 0 saturated carbocycles. The van der Waals surface area contributed by atoms with Crippen molar-refractivity contribution in [2.24, 2.45) is 0 Å². The minimum atomic E-state index is 0.0477. The van der Waals surface area contributed by atoms with E-state index in [0.717, 1.165) is 33.5 Å². The SMILES string of the molecule is CCN(Cc1ccc2c(c1)OCO2)C(=O)Cc1csc(COc2ccc(C)cc2)n1. The smallest absolute Gasteiger partial charge is 0.231 e. The number of hydrogen-bond acceptors (Lipinski definition) is 6. The zero-order chi connectivity index (χ0) is 20.9. The Morgan fingerprint density at radius 1 is 1.17 bits per heavy atom. The molecule has 3 aromatic rings. The fraction of sp³-hybridized carbons (Fsp3) is 0.304. The first-order valence-corrected chi connectivity index (χ1v) is 10.8. The highest BCUT2D eigenvalue weighted by atomic mass is 32.1. The maximum absolute atomic E-state index is 12.8. The highest BCUT2D eigenvalue weighted by molar-refractivity contribution is 7.09. The summed E-state index contributed by atoms with van der Waals surface area (Å²) in [4.78, 5) is 19.2. The van der Waals surface area contributed by atoms with E-state index in [2.05, 4.69) is 4.98 Å². The third kappa shape index (κ3) is 4.91. The van der Waals surface area contributed by atoms with Gasteiger partial charge in [-0.3, -0.25) is 4.79 Å². The second-order valence-electron chi connectivity index (χ2n) is 7.11. The van der Waals surface area contributed by atoms with Gasteiger partial charge in [-0.2, -0.15) is 0 Å². The van der Waals surface area contributed by atoms with Gasteiger partial charge in [-0.05, 0) is 43.7 Å². The fourth-order valence-electron chi connectivity index (χ4n) is 3.18. The first-order valence-electron chi connectivity index (χ1n) is 9.90. The zero-order valence-electron chi connectivity index (χ0n) is 17.1. The number of benzene rings is 2. The van der Waals surface area contributed by atoms with Gasteiger partial charge in [-0.25, -0.2) is 4.98 Å². The van der Waals surface area contributed by atoms with Crippen molar-refractivity contribution in [1.29, 1.82) is 0 Å². The number of hydrogen-bond donors (Lipinski definition) is 0. The number of likely N-dealkylation sites (N-methyl/N-ethyl adjacent to an activating group) is 1. The van der Waals surface area contributed by atoms with Crippen LogP contribution in [0.5, 0.6) is 17.2 Å². The molecule has 7 heteroatoms. The van der Waals surface area contributed by atoms with E-state index in [1.54, 1.807) is 0 Å². The molecule has 1 aliphatic rings. The van der Waals surface area contributed by atoms with Gasteiger partial charge in [-0.1, -0.05) is 23.8 Å². The predicted molar refractivity (Wildman–Crippen MR) is 115 cm³/mol. The van der Waals surface area contributed by atoms with Crippen molar-refractivity contribution in [3.63, 3.8) is 0 Å². The topological polar surface area (TPSA) is 60.9 Å². The molecule has 0 spiro atoms.